The van der Waals surface area contributed by atoms with E-state index in [4.69, 9.17) is 11.6 Å². The van der Waals surface area contributed by atoms with E-state index >= 15 is 0 Å². The Morgan fingerprint density at radius 3 is 2.53 bits per heavy atom. The van der Waals surface area contributed by atoms with Crippen LogP contribution in [0, 0.1) is 5.82 Å². The van der Waals surface area contributed by atoms with Crippen LogP contribution in [0.2, 0.25) is 5.02 Å². The van der Waals surface area contributed by atoms with Crippen molar-refractivity contribution in [2.24, 2.45) is 0 Å². The van der Waals surface area contributed by atoms with Crippen LogP contribution in [0.15, 0.2) is 46.9 Å². The molecule has 1 N–H and O–H groups in total. The molecule has 2 aromatic rings. The molecule has 0 aliphatic carbocycles. The number of halogens is 3. The molecule has 100 valence electrons. The molecule has 1 unspecified atom stereocenters. The summed E-state index contributed by atoms with van der Waals surface area (Å²) in [4.78, 5) is 0. The Morgan fingerprint density at radius 2 is 1.89 bits per heavy atom. The highest BCUT2D eigenvalue weighted by Gasteiger charge is 2.11. The van der Waals surface area contributed by atoms with E-state index in [9.17, 15) is 4.39 Å². The quantitative estimate of drug-likeness (QED) is 0.740. The molecule has 0 amide bonds. The van der Waals surface area contributed by atoms with Crippen molar-refractivity contribution in [3.8, 4) is 0 Å². The first-order chi connectivity index (χ1) is 9.10. The standard InChI is InChI=1S/C15H14BrClFN/c1-2-14(10-3-5-11(16)6-4-10)19-15-9-12(17)7-8-13(15)18/h3-9,14,19H,2H2,1H3. The van der Waals surface area contributed by atoms with Gasteiger partial charge in [0, 0.05) is 9.50 Å². The van der Waals surface area contributed by atoms with Gasteiger partial charge in [0.25, 0.3) is 0 Å². The fourth-order valence-electron chi connectivity index (χ4n) is 1.91. The number of hydrogen-bond acceptors (Lipinski definition) is 1. The Bertz CT molecular complexity index is 557. The smallest absolute Gasteiger partial charge is 0.146 e. The van der Waals surface area contributed by atoms with Crippen molar-refractivity contribution in [1.82, 2.24) is 0 Å². The molecule has 0 radical (unpaired) electrons. The van der Waals surface area contributed by atoms with Gasteiger partial charge in [0.2, 0.25) is 0 Å². The van der Waals surface area contributed by atoms with Crippen LogP contribution in [0.1, 0.15) is 24.9 Å². The molecule has 0 aliphatic rings. The number of nitrogens with one attached hydrogen (secondary N) is 1. The predicted octanol–water partition coefficient (Wildman–Crippen LogP) is 5.80. The zero-order valence-corrected chi connectivity index (χ0v) is 12.8. The molecule has 0 bridgehead atoms. The van der Waals surface area contributed by atoms with Gasteiger partial charge in [0.15, 0.2) is 0 Å². The zero-order valence-electron chi connectivity index (χ0n) is 10.5. The lowest BCUT2D eigenvalue weighted by Crippen LogP contribution is -2.10. The summed E-state index contributed by atoms with van der Waals surface area (Å²) in [5.74, 6) is -0.292. The summed E-state index contributed by atoms with van der Waals surface area (Å²) in [6.45, 7) is 2.06. The van der Waals surface area contributed by atoms with E-state index in [-0.39, 0.29) is 11.9 Å². The van der Waals surface area contributed by atoms with Crippen LogP contribution in [0.4, 0.5) is 10.1 Å². The average molecular weight is 343 g/mol. The maximum atomic E-state index is 13.7. The lowest BCUT2D eigenvalue weighted by molar-refractivity contribution is 0.624. The minimum absolute atomic E-state index is 0.0565. The average Bonchev–Trinajstić information content (AvgIpc) is 2.41. The van der Waals surface area contributed by atoms with Crippen molar-refractivity contribution >= 4 is 33.2 Å². The van der Waals surface area contributed by atoms with Gasteiger partial charge in [-0.15, -0.1) is 0 Å². The van der Waals surface area contributed by atoms with E-state index < -0.39 is 0 Å². The van der Waals surface area contributed by atoms with Gasteiger partial charge in [-0.1, -0.05) is 46.6 Å². The van der Waals surface area contributed by atoms with Crippen molar-refractivity contribution in [1.29, 1.82) is 0 Å². The lowest BCUT2D eigenvalue weighted by Gasteiger charge is -2.19. The maximum Gasteiger partial charge on any atom is 0.146 e. The van der Waals surface area contributed by atoms with Gasteiger partial charge < -0.3 is 5.32 Å². The highest BCUT2D eigenvalue weighted by Crippen LogP contribution is 2.27. The van der Waals surface area contributed by atoms with Gasteiger partial charge in [0.1, 0.15) is 5.82 Å². The van der Waals surface area contributed by atoms with Crippen LogP contribution in [0.5, 0.6) is 0 Å². The van der Waals surface area contributed by atoms with E-state index in [0.29, 0.717) is 10.7 Å². The molecule has 1 nitrogen and oxygen atoms in total. The van der Waals surface area contributed by atoms with Gasteiger partial charge >= 0.3 is 0 Å². The van der Waals surface area contributed by atoms with E-state index in [2.05, 4.69) is 28.2 Å². The molecular weight excluding hydrogens is 329 g/mol. The fourth-order valence-corrected chi connectivity index (χ4v) is 2.35. The largest absolute Gasteiger partial charge is 0.376 e. The summed E-state index contributed by atoms with van der Waals surface area (Å²) in [7, 11) is 0. The second-order valence-corrected chi connectivity index (χ2v) is 5.63. The molecule has 2 aromatic carbocycles. The molecular formula is C15H14BrClFN. The highest BCUT2D eigenvalue weighted by molar-refractivity contribution is 9.10. The van der Waals surface area contributed by atoms with Gasteiger partial charge in [-0.05, 0) is 42.3 Å². The summed E-state index contributed by atoms with van der Waals surface area (Å²) >= 11 is 9.30. The maximum absolute atomic E-state index is 13.7. The lowest BCUT2D eigenvalue weighted by atomic mass is 10.0. The third-order valence-electron chi connectivity index (χ3n) is 2.94. The van der Waals surface area contributed by atoms with Crippen LogP contribution >= 0.6 is 27.5 Å². The highest BCUT2D eigenvalue weighted by atomic mass is 79.9. The van der Waals surface area contributed by atoms with E-state index in [1.54, 1.807) is 12.1 Å². The number of anilines is 1. The molecule has 0 saturated carbocycles. The Morgan fingerprint density at radius 1 is 1.21 bits per heavy atom. The molecule has 0 aliphatic heterocycles. The Hall–Kier alpha value is -1.06. The second-order valence-electron chi connectivity index (χ2n) is 4.28. The third-order valence-corrected chi connectivity index (χ3v) is 3.70. The van der Waals surface area contributed by atoms with E-state index in [0.717, 1.165) is 16.5 Å². The van der Waals surface area contributed by atoms with Crippen molar-refractivity contribution in [2.45, 2.75) is 19.4 Å². The molecule has 2 rings (SSSR count). The van der Waals surface area contributed by atoms with Crippen molar-refractivity contribution in [3.63, 3.8) is 0 Å². The van der Waals surface area contributed by atoms with Crippen molar-refractivity contribution in [2.75, 3.05) is 5.32 Å². The van der Waals surface area contributed by atoms with Crippen molar-refractivity contribution < 1.29 is 4.39 Å². The predicted molar refractivity (Wildman–Crippen MR) is 82.2 cm³/mol. The zero-order chi connectivity index (χ0) is 13.8. The minimum Gasteiger partial charge on any atom is -0.376 e. The van der Waals surface area contributed by atoms with E-state index in [1.807, 2.05) is 24.3 Å². The minimum atomic E-state index is -0.292. The van der Waals surface area contributed by atoms with Crippen LogP contribution < -0.4 is 5.32 Å². The summed E-state index contributed by atoms with van der Waals surface area (Å²) in [6.07, 6.45) is 0.855. The molecule has 0 aromatic heterocycles. The summed E-state index contributed by atoms with van der Waals surface area (Å²) in [6, 6.07) is 12.6. The molecule has 0 spiro atoms. The number of hydrogen-bond donors (Lipinski definition) is 1. The SMILES string of the molecule is CCC(Nc1cc(Cl)ccc1F)c1ccc(Br)cc1. The molecule has 0 heterocycles. The van der Waals surface area contributed by atoms with Crippen LogP contribution in [0.25, 0.3) is 0 Å². The Labute approximate surface area is 125 Å². The van der Waals surface area contributed by atoms with Crippen molar-refractivity contribution in [3.05, 3.63) is 63.3 Å². The molecule has 0 fully saturated rings. The molecule has 4 heteroatoms. The Kier molecular flexibility index (Phi) is 4.83. The Balaban J connectivity index is 2.23. The first-order valence-electron chi connectivity index (χ1n) is 6.07. The summed E-state index contributed by atoms with van der Waals surface area (Å²) in [5, 5.41) is 3.72. The summed E-state index contributed by atoms with van der Waals surface area (Å²) < 4.78 is 14.7. The van der Waals surface area contributed by atoms with Gasteiger partial charge in [-0.3, -0.25) is 0 Å². The van der Waals surface area contributed by atoms with Gasteiger partial charge in [-0.2, -0.15) is 0 Å². The molecule has 0 saturated heterocycles. The van der Waals surface area contributed by atoms with Crippen LogP contribution in [0.3, 0.4) is 0 Å². The number of rotatable bonds is 4. The van der Waals surface area contributed by atoms with E-state index in [1.165, 1.54) is 6.07 Å². The summed E-state index contributed by atoms with van der Waals surface area (Å²) in [5.41, 5.74) is 1.55. The number of benzene rings is 2. The fraction of sp³-hybridized carbons (Fsp3) is 0.200. The van der Waals surface area contributed by atoms with Crippen LogP contribution in [-0.4, -0.2) is 0 Å². The topological polar surface area (TPSA) is 12.0 Å². The van der Waals surface area contributed by atoms with Gasteiger partial charge in [-0.25, -0.2) is 4.39 Å². The third kappa shape index (κ3) is 3.71. The molecule has 1 atom stereocenters. The van der Waals surface area contributed by atoms with Gasteiger partial charge in [0.05, 0.1) is 11.7 Å². The first kappa shape index (κ1) is 14.4. The monoisotopic (exact) mass is 341 g/mol. The van der Waals surface area contributed by atoms with Crippen LogP contribution in [-0.2, 0) is 0 Å². The molecule has 19 heavy (non-hydrogen) atoms. The first-order valence-corrected chi connectivity index (χ1v) is 7.24. The second kappa shape index (κ2) is 6.40. The normalized spacial score (nSPS) is 12.2.